The minimum atomic E-state index is 0.192. The molecular formula is C16H12BrNO2S. The van der Waals surface area contributed by atoms with Crippen LogP contribution in [0.3, 0.4) is 0 Å². The molecule has 1 heterocycles. The Balaban J connectivity index is 1.93. The van der Waals surface area contributed by atoms with Gasteiger partial charge < -0.3 is 14.9 Å². The zero-order chi connectivity index (χ0) is 14.8. The molecule has 0 spiro atoms. The first-order chi connectivity index (χ1) is 10.1. The molecule has 0 fully saturated rings. The minimum Gasteiger partial charge on any atom is -0.484 e. The predicted octanol–water partition coefficient (Wildman–Crippen LogP) is 4.41. The Labute approximate surface area is 135 Å². The highest BCUT2D eigenvalue weighted by molar-refractivity contribution is 9.10. The van der Waals surface area contributed by atoms with E-state index in [1.807, 2.05) is 48.5 Å². The van der Waals surface area contributed by atoms with Crippen LogP contribution in [-0.2, 0) is 6.61 Å². The number of ether oxygens (including phenoxy) is 1. The summed E-state index contributed by atoms with van der Waals surface area (Å²) in [6.45, 7) is 0.423. The standard InChI is InChI=1S/C16H12BrNO2S/c17-11-7-5-10(6-8-11)9-19-14-12-3-1-2-4-13(12)20-15(14)16(18)21/h1-8H,9H2,(H2,18,21). The number of thiocarbonyl (C=S) groups is 1. The molecule has 3 nitrogen and oxygen atoms in total. The van der Waals surface area contributed by atoms with Gasteiger partial charge in [0.05, 0.1) is 5.39 Å². The van der Waals surface area contributed by atoms with Crippen LogP contribution >= 0.6 is 28.1 Å². The summed E-state index contributed by atoms with van der Waals surface area (Å²) in [4.78, 5) is 0.192. The molecule has 1 aromatic heterocycles. The van der Waals surface area contributed by atoms with Crippen molar-refractivity contribution in [3.63, 3.8) is 0 Å². The highest BCUT2D eigenvalue weighted by Gasteiger charge is 2.17. The van der Waals surface area contributed by atoms with E-state index >= 15 is 0 Å². The van der Waals surface area contributed by atoms with Gasteiger partial charge in [0.15, 0.2) is 5.75 Å². The van der Waals surface area contributed by atoms with Crippen LogP contribution in [0, 0.1) is 0 Å². The average Bonchev–Trinajstić information content (AvgIpc) is 2.86. The number of hydrogen-bond donors (Lipinski definition) is 1. The zero-order valence-corrected chi connectivity index (χ0v) is 13.4. The summed E-state index contributed by atoms with van der Waals surface area (Å²) in [6.07, 6.45) is 0. The quantitative estimate of drug-likeness (QED) is 0.699. The molecule has 2 aromatic carbocycles. The third-order valence-electron chi connectivity index (χ3n) is 3.07. The Morgan fingerprint density at radius 3 is 2.57 bits per heavy atom. The summed E-state index contributed by atoms with van der Waals surface area (Å²) in [5.41, 5.74) is 7.49. The van der Waals surface area contributed by atoms with Crippen LogP contribution < -0.4 is 10.5 Å². The number of para-hydroxylation sites is 1. The van der Waals surface area contributed by atoms with Crippen LogP contribution in [0.4, 0.5) is 0 Å². The minimum absolute atomic E-state index is 0.192. The van der Waals surface area contributed by atoms with Gasteiger partial charge in [0, 0.05) is 4.47 Å². The van der Waals surface area contributed by atoms with Crippen LogP contribution in [0.15, 0.2) is 57.4 Å². The number of rotatable bonds is 4. The largest absolute Gasteiger partial charge is 0.484 e. The molecule has 2 N–H and O–H groups in total. The van der Waals surface area contributed by atoms with Gasteiger partial charge >= 0.3 is 0 Å². The maximum absolute atomic E-state index is 5.90. The molecule has 3 aromatic rings. The van der Waals surface area contributed by atoms with Crippen molar-refractivity contribution in [1.29, 1.82) is 0 Å². The van der Waals surface area contributed by atoms with E-state index < -0.39 is 0 Å². The van der Waals surface area contributed by atoms with Crippen molar-refractivity contribution in [3.8, 4) is 5.75 Å². The summed E-state index contributed by atoms with van der Waals surface area (Å²) >= 11 is 8.45. The maximum atomic E-state index is 5.90. The van der Waals surface area contributed by atoms with E-state index in [1.54, 1.807) is 0 Å². The van der Waals surface area contributed by atoms with Crippen molar-refractivity contribution in [1.82, 2.24) is 0 Å². The molecule has 0 bridgehead atoms. The SMILES string of the molecule is NC(=S)c1oc2ccccc2c1OCc1ccc(Br)cc1. The van der Waals surface area contributed by atoms with Crippen LogP contribution in [0.5, 0.6) is 5.75 Å². The Kier molecular flexibility index (Phi) is 3.94. The topological polar surface area (TPSA) is 48.4 Å². The van der Waals surface area contributed by atoms with Gasteiger partial charge in [0.25, 0.3) is 0 Å². The second kappa shape index (κ2) is 5.87. The van der Waals surface area contributed by atoms with E-state index in [0.717, 1.165) is 15.4 Å². The molecule has 0 aliphatic rings. The molecule has 0 saturated carbocycles. The second-order valence-corrected chi connectivity index (χ2v) is 5.89. The van der Waals surface area contributed by atoms with Gasteiger partial charge in [-0.2, -0.15) is 0 Å². The van der Waals surface area contributed by atoms with Gasteiger partial charge in [-0.25, -0.2) is 0 Å². The molecule has 0 amide bonds. The zero-order valence-electron chi connectivity index (χ0n) is 11.0. The number of fused-ring (bicyclic) bond motifs is 1. The smallest absolute Gasteiger partial charge is 0.204 e. The summed E-state index contributed by atoms with van der Waals surface area (Å²) in [6, 6.07) is 15.5. The van der Waals surface area contributed by atoms with Crippen molar-refractivity contribution < 1.29 is 9.15 Å². The monoisotopic (exact) mass is 361 g/mol. The van der Waals surface area contributed by atoms with Gasteiger partial charge in [-0.1, -0.05) is 52.4 Å². The fourth-order valence-corrected chi connectivity index (χ4v) is 2.46. The molecule has 3 rings (SSSR count). The average molecular weight is 362 g/mol. The molecular weight excluding hydrogens is 350 g/mol. The van der Waals surface area contributed by atoms with Crippen LogP contribution in [0.1, 0.15) is 11.3 Å². The van der Waals surface area contributed by atoms with E-state index in [2.05, 4.69) is 15.9 Å². The lowest BCUT2D eigenvalue weighted by Crippen LogP contribution is -2.10. The third kappa shape index (κ3) is 2.94. The van der Waals surface area contributed by atoms with E-state index in [1.165, 1.54) is 0 Å². The van der Waals surface area contributed by atoms with Crippen molar-refractivity contribution in [2.75, 3.05) is 0 Å². The lowest BCUT2D eigenvalue weighted by Gasteiger charge is -2.06. The van der Waals surface area contributed by atoms with Gasteiger partial charge in [-0.15, -0.1) is 0 Å². The van der Waals surface area contributed by atoms with Crippen LogP contribution in [-0.4, -0.2) is 4.99 Å². The van der Waals surface area contributed by atoms with Gasteiger partial charge in [0.1, 0.15) is 17.2 Å². The Bertz CT molecular complexity index is 796. The van der Waals surface area contributed by atoms with Crippen LogP contribution in [0.25, 0.3) is 11.0 Å². The summed E-state index contributed by atoms with van der Waals surface area (Å²) in [5, 5.41) is 0.873. The highest BCUT2D eigenvalue weighted by Crippen LogP contribution is 2.33. The lowest BCUT2D eigenvalue weighted by molar-refractivity contribution is 0.304. The van der Waals surface area contributed by atoms with Crippen molar-refractivity contribution in [3.05, 3.63) is 64.3 Å². The molecule has 106 valence electrons. The number of nitrogens with two attached hydrogens (primary N) is 1. The number of benzene rings is 2. The molecule has 0 saturated heterocycles. The molecule has 0 unspecified atom stereocenters. The lowest BCUT2D eigenvalue weighted by atomic mass is 10.2. The fraction of sp³-hybridized carbons (Fsp3) is 0.0625. The van der Waals surface area contributed by atoms with Crippen molar-refractivity contribution in [2.45, 2.75) is 6.61 Å². The summed E-state index contributed by atoms with van der Waals surface area (Å²) in [7, 11) is 0. The molecule has 0 aliphatic heterocycles. The van der Waals surface area contributed by atoms with E-state index in [-0.39, 0.29) is 4.99 Å². The third-order valence-corrected chi connectivity index (χ3v) is 3.78. The Hall–Kier alpha value is -1.85. The first-order valence-electron chi connectivity index (χ1n) is 6.34. The molecule has 21 heavy (non-hydrogen) atoms. The summed E-state index contributed by atoms with van der Waals surface area (Å²) < 4.78 is 12.6. The van der Waals surface area contributed by atoms with Gasteiger partial charge in [-0.3, -0.25) is 0 Å². The van der Waals surface area contributed by atoms with Crippen molar-refractivity contribution in [2.24, 2.45) is 5.73 Å². The van der Waals surface area contributed by atoms with Gasteiger partial charge in [0.2, 0.25) is 5.76 Å². The molecule has 0 atom stereocenters. The summed E-state index contributed by atoms with van der Waals surface area (Å²) in [5.74, 6) is 1.02. The number of halogens is 1. The van der Waals surface area contributed by atoms with Crippen LogP contribution in [0.2, 0.25) is 0 Å². The Morgan fingerprint density at radius 2 is 1.86 bits per heavy atom. The van der Waals surface area contributed by atoms with E-state index in [9.17, 15) is 0 Å². The highest BCUT2D eigenvalue weighted by atomic mass is 79.9. The molecule has 5 heteroatoms. The fourth-order valence-electron chi connectivity index (χ4n) is 2.06. The number of furan rings is 1. The number of hydrogen-bond acceptors (Lipinski definition) is 3. The second-order valence-electron chi connectivity index (χ2n) is 4.54. The molecule has 0 radical (unpaired) electrons. The van der Waals surface area contributed by atoms with E-state index in [4.69, 9.17) is 27.1 Å². The van der Waals surface area contributed by atoms with Gasteiger partial charge in [-0.05, 0) is 29.8 Å². The Morgan fingerprint density at radius 1 is 1.14 bits per heavy atom. The van der Waals surface area contributed by atoms with Crippen molar-refractivity contribution >= 4 is 44.1 Å². The first-order valence-corrected chi connectivity index (χ1v) is 7.54. The first kappa shape index (κ1) is 14.1. The maximum Gasteiger partial charge on any atom is 0.204 e. The normalized spacial score (nSPS) is 10.7. The van der Waals surface area contributed by atoms with E-state index in [0.29, 0.717) is 23.7 Å². The molecule has 0 aliphatic carbocycles. The predicted molar refractivity (Wildman–Crippen MR) is 90.6 cm³/mol.